The summed E-state index contributed by atoms with van der Waals surface area (Å²) in [5, 5.41) is 17.5. The van der Waals surface area contributed by atoms with Gasteiger partial charge in [0.15, 0.2) is 0 Å². The van der Waals surface area contributed by atoms with Gasteiger partial charge in [-0.3, -0.25) is 31.0 Å². The third-order valence-electron chi connectivity index (χ3n) is 9.15. The summed E-state index contributed by atoms with van der Waals surface area (Å²) in [5.74, 6) is 6.65. The molecular formula is C31H56ClN6O3P. The summed E-state index contributed by atoms with van der Waals surface area (Å²) in [6, 6.07) is 0.821. The van der Waals surface area contributed by atoms with Gasteiger partial charge in [0.1, 0.15) is 6.29 Å². The van der Waals surface area contributed by atoms with Gasteiger partial charge in [-0.1, -0.05) is 31.3 Å². The number of ether oxygens (including phenoxy) is 1. The highest BCUT2D eigenvalue weighted by molar-refractivity contribution is 7.63. The number of hydrogen-bond acceptors (Lipinski definition) is 8. The number of nitrogens with zero attached hydrogens (tertiary/aromatic N) is 1. The predicted octanol–water partition coefficient (Wildman–Crippen LogP) is 3.10. The molecule has 0 spiro atoms. The molecule has 0 bridgehead atoms. The van der Waals surface area contributed by atoms with Crippen LogP contribution >= 0.6 is 18.7 Å². The minimum absolute atomic E-state index is 0.0301. The molecule has 2 saturated carbocycles. The lowest BCUT2D eigenvalue weighted by molar-refractivity contribution is -0.118. The molecule has 0 aromatic carbocycles. The molecule has 2 aliphatic carbocycles. The van der Waals surface area contributed by atoms with Gasteiger partial charge in [0.25, 0.3) is 0 Å². The second-order valence-corrected chi connectivity index (χ2v) is 17.3. The molecule has 1 saturated heterocycles. The van der Waals surface area contributed by atoms with Crippen LogP contribution in [0.5, 0.6) is 0 Å². The van der Waals surface area contributed by atoms with E-state index in [2.05, 4.69) is 77.6 Å². The van der Waals surface area contributed by atoms with Crippen molar-refractivity contribution < 1.29 is 14.1 Å². The fourth-order valence-corrected chi connectivity index (χ4v) is 8.98. The zero-order chi connectivity index (χ0) is 31.0. The molecule has 5 N–H and O–H groups in total. The Morgan fingerprint density at radius 3 is 2.43 bits per heavy atom. The largest absolute Gasteiger partial charge is 0.380 e. The summed E-state index contributed by atoms with van der Waals surface area (Å²) in [4.78, 5) is 14.8. The van der Waals surface area contributed by atoms with Crippen LogP contribution in [0.15, 0.2) is 12.7 Å². The van der Waals surface area contributed by atoms with Gasteiger partial charge in [-0.15, -0.1) is 11.6 Å². The van der Waals surface area contributed by atoms with E-state index in [9.17, 15) is 9.36 Å². The van der Waals surface area contributed by atoms with Crippen LogP contribution in [0.1, 0.15) is 66.2 Å². The SMILES string of the molecule is C=CC(=O)NC1CC(NC2NCC(Cl)C(NC3CCCCC3P(C)(C)=O)N2)C(OC)CC1C#CCN(C(C)C)C(C)C. The van der Waals surface area contributed by atoms with Gasteiger partial charge in [-0.2, -0.15) is 0 Å². The van der Waals surface area contributed by atoms with Gasteiger partial charge < -0.3 is 14.6 Å². The number of carbonyl (C=O) groups excluding carboxylic acids is 1. The molecule has 42 heavy (non-hydrogen) atoms. The minimum Gasteiger partial charge on any atom is -0.380 e. The van der Waals surface area contributed by atoms with Crippen molar-refractivity contribution in [2.75, 3.05) is 33.5 Å². The molecule has 1 heterocycles. The number of carbonyl (C=O) groups is 1. The van der Waals surface area contributed by atoms with Crippen LogP contribution in [0, 0.1) is 17.8 Å². The van der Waals surface area contributed by atoms with E-state index < -0.39 is 7.14 Å². The highest BCUT2D eigenvalue weighted by Gasteiger charge is 2.41. The molecule has 9 unspecified atom stereocenters. The van der Waals surface area contributed by atoms with Gasteiger partial charge in [0.05, 0.1) is 31.3 Å². The third kappa shape index (κ3) is 10.0. The van der Waals surface area contributed by atoms with Gasteiger partial charge in [0, 0.05) is 55.4 Å². The van der Waals surface area contributed by atoms with Crippen LogP contribution in [0.2, 0.25) is 0 Å². The van der Waals surface area contributed by atoms with E-state index in [1.807, 2.05) is 13.3 Å². The quantitative estimate of drug-likeness (QED) is 0.103. The third-order valence-corrected chi connectivity index (χ3v) is 11.8. The molecule has 11 heteroatoms. The van der Waals surface area contributed by atoms with E-state index in [0.717, 1.165) is 25.7 Å². The first-order valence-corrected chi connectivity index (χ1v) is 18.8. The Kier molecular flexibility index (Phi) is 13.9. The Labute approximate surface area is 259 Å². The highest BCUT2D eigenvalue weighted by atomic mass is 35.5. The summed E-state index contributed by atoms with van der Waals surface area (Å²) < 4.78 is 19.0. The lowest BCUT2D eigenvalue weighted by Crippen LogP contribution is -2.72. The van der Waals surface area contributed by atoms with Gasteiger partial charge in [-0.05, 0) is 72.8 Å². The van der Waals surface area contributed by atoms with Gasteiger partial charge in [0.2, 0.25) is 5.91 Å². The maximum Gasteiger partial charge on any atom is 0.243 e. The van der Waals surface area contributed by atoms with Crippen LogP contribution in [0.4, 0.5) is 0 Å². The molecule has 0 aromatic rings. The molecule has 0 aromatic heterocycles. The first kappa shape index (κ1) is 35.5. The molecule has 1 aliphatic heterocycles. The molecule has 3 aliphatic rings. The minimum atomic E-state index is -2.23. The van der Waals surface area contributed by atoms with Crippen molar-refractivity contribution in [2.45, 2.75) is 126 Å². The number of rotatable bonds is 11. The maximum absolute atomic E-state index is 13.0. The van der Waals surface area contributed by atoms with E-state index >= 15 is 0 Å². The van der Waals surface area contributed by atoms with Crippen LogP contribution in [-0.2, 0) is 14.1 Å². The second kappa shape index (κ2) is 16.4. The highest BCUT2D eigenvalue weighted by Crippen LogP contribution is 2.49. The predicted molar refractivity (Wildman–Crippen MR) is 174 cm³/mol. The van der Waals surface area contributed by atoms with Crippen LogP contribution < -0.4 is 26.6 Å². The zero-order valence-electron chi connectivity index (χ0n) is 26.8. The van der Waals surface area contributed by atoms with Crippen molar-refractivity contribution in [1.29, 1.82) is 0 Å². The van der Waals surface area contributed by atoms with E-state index in [0.29, 0.717) is 38.0 Å². The van der Waals surface area contributed by atoms with Crippen molar-refractivity contribution in [3.63, 3.8) is 0 Å². The number of alkyl halides is 1. The van der Waals surface area contributed by atoms with Crippen LogP contribution in [0.3, 0.4) is 0 Å². The molecule has 9 nitrogen and oxygen atoms in total. The Hall–Kier alpha value is -0.950. The lowest BCUT2D eigenvalue weighted by atomic mass is 9.79. The van der Waals surface area contributed by atoms with Crippen molar-refractivity contribution in [2.24, 2.45) is 5.92 Å². The number of nitrogens with one attached hydrogen (secondary N) is 5. The average Bonchev–Trinajstić information content (AvgIpc) is 2.93. The smallest absolute Gasteiger partial charge is 0.243 e. The number of halogens is 1. The van der Waals surface area contributed by atoms with E-state index in [1.54, 1.807) is 7.11 Å². The normalized spacial score (nSPS) is 34.2. The summed E-state index contributed by atoms with van der Waals surface area (Å²) in [7, 11) is -0.489. The summed E-state index contributed by atoms with van der Waals surface area (Å²) in [6.07, 6.45) is 6.54. The van der Waals surface area contributed by atoms with Crippen molar-refractivity contribution in [3.8, 4) is 11.8 Å². The van der Waals surface area contributed by atoms with Crippen molar-refractivity contribution in [1.82, 2.24) is 31.5 Å². The van der Waals surface area contributed by atoms with E-state index in [4.69, 9.17) is 16.3 Å². The van der Waals surface area contributed by atoms with Crippen molar-refractivity contribution in [3.05, 3.63) is 12.7 Å². The summed E-state index contributed by atoms with van der Waals surface area (Å²) >= 11 is 6.77. The summed E-state index contributed by atoms with van der Waals surface area (Å²) in [5.41, 5.74) is 0.176. The first-order valence-electron chi connectivity index (χ1n) is 15.7. The number of amides is 1. The molecule has 3 fully saturated rings. The molecular weight excluding hydrogens is 571 g/mol. The molecule has 9 atom stereocenters. The molecule has 0 radical (unpaired) electrons. The molecule has 3 rings (SSSR count). The second-order valence-electron chi connectivity index (χ2n) is 13.2. The standard InChI is InChI=1S/C31H56ClN6O3P/c1-9-29(39)34-25-18-26(27(41-6)17-22(25)13-12-16-38(20(2)3)21(4)5)36-31-33-19-23(32)30(37-31)35-24-14-10-11-15-28(24)42(7,8)40/h9,20-28,30-31,33,35-37H,1,10-11,14-19H2,2-8H3,(H,34,39). The van der Waals surface area contributed by atoms with E-state index in [-0.39, 0.29) is 59.5 Å². The number of methoxy groups -OCH3 is 1. The average molecular weight is 627 g/mol. The topological polar surface area (TPSA) is 107 Å². The number of hydrogen-bond donors (Lipinski definition) is 5. The maximum atomic E-state index is 13.0. The first-order chi connectivity index (χ1) is 19.8. The fraction of sp³-hybridized carbons (Fsp3) is 0.839. The Balaban J connectivity index is 1.69. The lowest BCUT2D eigenvalue weighted by Gasteiger charge is -2.45. The van der Waals surface area contributed by atoms with Crippen LogP contribution in [-0.4, -0.2) is 104 Å². The Morgan fingerprint density at radius 1 is 1.12 bits per heavy atom. The van der Waals surface area contributed by atoms with E-state index in [1.165, 1.54) is 6.08 Å². The van der Waals surface area contributed by atoms with Gasteiger partial charge in [-0.25, -0.2) is 0 Å². The van der Waals surface area contributed by atoms with Gasteiger partial charge >= 0.3 is 0 Å². The Bertz CT molecular complexity index is 989. The summed E-state index contributed by atoms with van der Waals surface area (Å²) in [6.45, 7) is 17.5. The zero-order valence-corrected chi connectivity index (χ0v) is 28.4. The fourth-order valence-electron chi connectivity index (χ4n) is 6.84. The Morgan fingerprint density at radius 2 is 1.81 bits per heavy atom. The molecule has 240 valence electrons. The van der Waals surface area contributed by atoms with Crippen molar-refractivity contribution >= 4 is 24.7 Å². The monoisotopic (exact) mass is 626 g/mol. The molecule has 1 amide bonds. The van der Waals surface area contributed by atoms with Crippen LogP contribution in [0.25, 0.3) is 0 Å².